The number of oxime groups is 1. The first-order valence-corrected chi connectivity index (χ1v) is 6.23. The Balaban J connectivity index is 3.06. The van der Waals surface area contributed by atoms with E-state index in [2.05, 4.69) is 10.1 Å². The molecule has 1 aromatic heterocycles. The van der Waals surface area contributed by atoms with Crippen molar-refractivity contribution in [3.8, 4) is 5.88 Å². The molecule has 1 rings (SSSR count). The second-order valence-corrected chi connectivity index (χ2v) is 5.69. The van der Waals surface area contributed by atoms with Crippen molar-refractivity contribution in [2.45, 2.75) is 33.4 Å². The number of rotatable bonds is 4. The van der Waals surface area contributed by atoms with Crippen LogP contribution < -0.4 is 10.5 Å². The lowest BCUT2D eigenvalue weighted by Crippen LogP contribution is -2.19. The summed E-state index contributed by atoms with van der Waals surface area (Å²) < 4.78 is 43.3. The zero-order valence-corrected chi connectivity index (χ0v) is 12.0. The summed E-state index contributed by atoms with van der Waals surface area (Å²) in [5.41, 5.74) is 4.29. The van der Waals surface area contributed by atoms with Gasteiger partial charge in [0, 0.05) is 0 Å². The number of nitrogens with zero attached hydrogens (tertiary/aromatic N) is 2. The van der Waals surface area contributed by atoms with Crippen LogP contribution in [0, 0.1) is 5.41 Å². The van der Waals surface area contributed by atoms with Gasteiger partial charge < -0.3 is 15.7 Å². The smallest absolute Gasteiger partial charge is 0.433 e. The van der Waals surface area contributed by atoms with E-state index in [1.54, 1.807) is 0 Å². The summed E-state index contributed by atoms with van der Waals surface area (Å²) in [6.45, 7) is 6.09. The van der Waals surface area contributed by atoms with Crippen molar-refractivity contribution in [2.75, 3.05) is 6.61 Å². The summed E-state index contributed by atoms with van der Waals surface area (Å²) in [5.74, 6) is -0.661. The predicted octanol–water partition coefficient (Wildman–Crippen LogP) is 3.01. The quantitative estimate of drug-likeness (QED) is 0.388. The summed E-state index contributed by atoms with van der Waals surface area (Å²) in [6.07, 6.45) is -3.98. The molecule has 0 spiro atoms. The van der Waals surface area contributed by atoms with E-state index in [0.717, 1.165) is 12.1 Å². The average Bonchev–Trinajstić information content (AvgIpc) is 2.35. The molecule has 118 valence electrons. The molecule has 3 N–H and O–H groups in total. The zero-order chi connectivity index (χ0) is 16.3. The minimum absolute atomic E-state index is 0.0133. The van der Waals surface area contributed by atoms with Gasteiger partial charge >= 0.3 is 6.18 Å². The number of pyridine rings is 1. The SMILES string of the molecule is CC(C)(C)CCOc1nc(C(F)(F)F)ccc1C(N)=NO. The van der Waals surface area contributed by atoms with Crippen molar-refractivity contribution in [3.05, 3.63) is 23.4 Å². The van der Waals surface area contributed by atoms with Crippen molar-refractivity contribution in [2.24, 2.45) is 16.3 Å². The summed E-state index contributed by atoms with van der Waals surface area (Å²) >= 11 is 0. The number of hydrogen-bond acceptors (Lipinski definition) is 4. The molecule has 1 aromatic rings. The van der Waals surface area contributed by atoms with E-state index >= 15 is 0 Å². The highest BCUT2D eigenvalue weighted by molar-refractivity contribution is 5.99. The second-order valence-electron chi connectivity index (χ2n) is 5.69. The van der Waals surface area contributed by atoms with Crippen LogP contribution in [0.15, 0.2) is 17.3 Å². The van der Waals surface area contributed by atoms with Crippen LogP contribution in [0.5, 0.6) is 5.88 Å². The van der Waals surface area contributed by atoms with Crippen LogP contribution >= 0.6 is 0 Å². The van der Waals surface area contributed by atoms with E-state index < -0.39 is 11.9 Å². The normalized spacial score (nSPS) is 13.3. The maximum Gasteiger partial charge on any atom is 0.433 e. The monoisotopic (exact) mass is 305 g/mol. The molecule has 0 fully saturated rings. The third-order valence-corrected chi connectivity index (χ3v) is 2.63. The average molecular weight is 305 g/mol. The first-order valence-electron chi connectivity index (χ1n) is 6.23. The molecule has 0 aliphatic rings. The van der Waals surface area contributed by atoms with Crippen molar-refractivity contribution in [3.63, 3.8) is 0 Å². The van der Waals surface area contributed by atoms with Crippen LogP contribution in [0.2, 0.25) is 0 Å². The Hall–Kier alpha value is -1.99. The van der Waals surface area contributed by atoms with Crippen molar-refractivity contribution < 1.29 is 23.1 Å². The molecule has 0 aliphatic heterocycles. The number of amidine groups is 1. The first-order chi connectivity index (χ1) is 9.54. The van der Waals surface area contributed by atoms with Gasteiger partial charge in [0.1, 0.15) is 5.69 Å². The van der Waals surface area contributed by atoms with E-state index in [9.17, 15) is 13.2 Å². The summed E-state index contributed by atoms with van der Waals surface area (Å²) in [5, 5.41) is 11.4. The molecule has 0 saturated heterocycles. The van der Waals surface area contributed by atoms with E-state index in [0.29, 0.717) is 6.42 Å². The number of aromatic nitrogens is 1. The van der Waals surface area contributed by atoms with Gasteiger partial charge in [-0.2, -0.15) is 13.2 Å². The van der Waals surface area contributed by atoms with Crippen LogP contribution in [-0.4, -0.2) is 22.6 Å². The van der Waals surface area contributed by atoms with Crippen LogP contribution in [-0.2, 0) is 6.18 Å². The van der Waals surface area contributed by atoms with Gasteiger partial charge in [-0.05, 0) is 24.0 Å². The zero-order valence-electron chi connectivity index (χ0n) is 12.0. The van der Waals surface area contributed by atoms with Crippen molar-refractivity contribution in [1.82, 2.24) is 4.98 Å². The van der Waals surface area contributed by atoms with Crippen LogP contribution in [0.1, 0.15) is 38.4 Å². The molecular formula is C13H18F3N3O2. The highest BCUT2D eigenvalue weighted by atomic mass is 19.4. The van der Waals surface area contributed by atoms with E-state index in [4.69, 9.17) is 15.7 Å². The van der Waals surface area contributed by atoms with Gasteiger partial charge in [-0.1, -0.05) is 25.9 Å². The Morgan fingerprint density at radius 3 is 2.43 bits per heavy atom. The third-order valence-electron chi connectivity index (χ3n) is 2.63. The largest absolute Gasteiger partial charge is 0.477 e. The number of ether oxygens (including phenoxy) is 1. The Kier molecular flexibility index (Phi) is 5.03. The topological polar surface area (TPSA) is 80.7 Å². The molecule has 0 amide bonds. The molecule has 1 heterocycles. The number of alkyl halides is 3. The fourth-order valence-corrected chi connectivity index (χ4v) is 1.41. The Labute approximate surface area is 120 Å². The van der Waals surface area contributed by atoms with Crippen molar-refractivity contribution >= 4 is 5.84 Å². The standard InChI is InChI=1S/C13H18F3N3O2/c1-12(2,3)6-7-21-11-8(10(17)19-20)4-5-9(18-11)13(14,15)16/h4-5,20H,6-7H2,1-3H3,(H2,17,19). The minimum atomic E-state index is -4.59. The first kappa shape index (κ1) is 17.1. The molecule has 0 atom stereocenters. The Bertz CT molecular complexity index is 522. The molecule has 0 bridgehead atoms. The molecule has 21 heavy (non-hydrogen) atoms. The fraction of sp³-hybridized carbons (Fsp3) is 0.538. The van der Waals surface area contributed by atoms with Gasteiger partial charge in [-0.15, -0.1) is 0 Å². The number of hydrogen-bond donors (Lipinski definition) is 2. The maximum absolute atomic E-state index is 12.7. The number of halogens is 3. The van der Waals surface area contributed by atoms with Crippen LogP contribution in [0.4, 0.5) is 13.2 Å². The van der Waals surface area contributed by atoms with Gasteiger partial charge in [0.15, 0.2) is 5.84 Å². The molecule has 0 aromatic carbocycles. The fourth-order valence-electron chi connectivity index (χ4n) is 1.41. The van der Waals surface area contributed by atoms with E-state index in [1.807, 2.05) is 20.8 Å². The van der Waals surface area contributed by atoms with Gasteiger partial charge in [-0.25, -0.2) is 4.98 Å². The summed E-state index contributed by atoms with van der Waals surface area (Å²) in [4.78, 5) is 3.41. The lowest BCUT2D eigenvalue weighted by atomic mass is 9.93. The predicted molar refractivity (Wildman–Crippen MR) is 71.3 cm³/mol. The molecule has 0 aliphatic carbocycles. The van der Waals surface area contributed by atoms with Gasteiger partial charge in [-0.3, -0.25) is 0 Å². The molecule has 0 unspecified atom stereocenters. The molecule has 8 heteroatoms. The van der Waals surface area contributed by atoms with E-state index in [-0.39, 0.29) is 29.3 Å². The summed E-state index contributed by atoms with van der Waals surface area (Å²) in [7, 11) is 0. The number of nitrogens with two attached hydrogens (primary N) is 1. The summed E-state index contributed by atoms with van der Waals surface area (Å²) in [6, 6.07) is 1.82. The molecular weight excluding hydrogens is 287 g/mol. The highest BCUT2D eigenvalue weighted by Crippen LogP contribution is 2.30. The minimum Gasteiger partial charge on any atom is -0.477 e. The van der Waals surface area contributed by atoms with E-state index in [1.165, 1.54) is 0 Å². The molecule has 0 radical (unpaired) electrons. The molecule has 5 nitrogen and oxygen atoms in total. The maximum atomic E-state index is 12.7. The lowest BCUT2D eigenvalue weighted by molar-refractivity contribution is -0.141. The molecule has 0 saturated carbocycles. The lowest BCUT2D eigenvalue weighted by Gasteiger charge is -2.19. The Morgan fingerprint density at radius 2 is 1.95 bits per heavy atom. The third kappa shape index (κ3) is 5.13. The van der Waals surface area contributed by atoms with Crippen LogP contribution in [0.3, 0.4) is 0 Å². The Morgan fingerprint density at radius 1 is 1.33 bits per heavy atom. The second kappa shape index (κ2) is 6.19. The highest BCUT2D eigenvalue weighted by Gasteiger charge is 2.33. The van der Waals surface area contributed by atoms with Gasteiger partial charge in [0.05, 0.1) is 12.2 Å². The van der Waals surface area contributed by atoms with Crippen molar-refractivity contribution in [1.29, 1.82) is 0 Å². The van der Waals surface area contributed by atoms with Crippen LogP contribution in [0.25, 0.3) is 0 Å². The van der Waals surface area contributed by atoms with Gasteiger partial charge in [0.2, 0.25) is 5.88 Å². The van der Waals surface area contributed by atoms with Gasteiger partial charge in [0.25, 0.3) is 0 Å².